The predicted molar refractivity (Wildman–Crippen MR) is 116 cm³/mol. The molecule has 0 bridgehead atoms. The van der Waals surface area contributed by atoms with Crippen LogP contribution in [0.4, 0.5) is 5.69 Å². The summed E-state index contributed by atoms with van der Waals surface area (Å²) >= 11 is 0. The summed E-state index contributed by atoms with van der Waals surface area (Å²) in [5.74, 6) is 0.496. The van der Waals surface area contributed by atoms with Gasteiger partial charge in [0.1, 0.15) is 0 Å². The average molecular weight is 378 g/mol. The van der Waals surface area contributed by atoms with Crippen LogP contribution in [0.1, 0.15) is 16.1 Å². The van der Waals surface area contributed by atoms with Gasteiger partial charge in [0.05, 0.1) is 23.0 Å². The molecule has 0 atom stereocenters. The maximum Gasteiger partial charge on any atom is 0.259 e. The number of rotatable bonds is 3. The monoisotopic (exact) mass is 378 g/mol. The number of nitrogens with zero attached hydrogens (tertiary/aromatic N) is 3. The van der Waals surface area contributed by atoms with E-state index in [-0.39, 0.29) is 5.91 Å². The zero-order chi connectivity index (χ0) is 19.8. The van der Waals surface area contributed by atoms with Crippen LogP contribution >= 0.6 is 0 Å². The van der Waals surface area contributed by atoms with Crippen LogP contribution in [0.5, 0.6) is 0 Å². The van der Waals surface area contributed by atoms with Crippen molar-refractivity contribution in [2.45, 2.75) is 6.92 Å². The van der Waals surface area contributed by atoms with Crippen molar-refractivity contribution in [1.29, 1.82) is 0 Å². The van der Waals surface area contributed by atoms with Crippen LogP contribution in [0, 0.1) is 6.92 Å². The smallest absolute Gasteiger partial charge is 0.259 e. The zero-order valence-corrected chi connectivity index (χ0v) is 15.8. The van der Waals surface area contributed by atoms with Gasteiger partial charge in [-0.1, -0.05) is 48.5 Å². The first-order valence-electron chi connectivity index (χ1n) is 9.40. The molecule has 29 heavy (non-hydrogen) atoms. The summed E-state index contributed by atoms with van der Waals surface area (Å²) in [7, 11) is 0. The van der Waals surface area contributed by atoms with E-state index in [9.17, 15) is 4.79 Å². The normalized spacial score (nSPS) is 11.1. The second-order valence-corrected chi connectivity index (χ2v) is 6.93. The Kier molecular flexibility index (Phi) is 4.06. The fraction of sp³-hybridized carbons (Fsp3) is 0.0417. The molecule has 0 radical (unpaired) electrons. The van der Waals surface area contributed by atoms with Gasteiger partial charge in [-0.25, -0.2) is 9.67 Å². The van der Waals surface area contributed by atoms with E-state index in [4.69, 9.17) is 0 Å². The number of hydrogen-bond donors (Lipinski definition) is 1. The molecule has 5 nitrogen and oxygen atoms in total. The van der Waals surface area contributed by atoms with Gasteiger partial charge < -0.3 is 5.32 Å². The number of benzene rings is 3. The van der Waals surface area contributed by atoms with Crippen molar-refractivity contribution in [3.63, 3.8) is 0 Å². The minimum atomic E-state index is -0.190. The molecule has 3 aromatic carbocycles. The molecule has 0 aliphatic carbocycles. The van der Waals surface area contributed by atoms with Crippen LogP contribution in [0.2, 0.25) is 0 Å². The van der Waals surface area contributed by atoms with Gasteiger partial charge in [0.15, 0.2) is 5.82 Å². The molecule has 5 aromatic rings. The van der Waals surface area contributed by atoms with Crippen LogP contribution in [0.25, 0.3) is 27.5 Å². The van der Waals surface area contributed by atoms with Crippen LogP contribution in [-0.2, 0) is 0 Å². The molecule has 0 fully saturated rings. The molecule has 140 valence electrons. The Morgan fingerprint density at radius 1 is 0.862 bits per heavy atom. The Hall–Kier alpha value is -3.99. The van der Waals surface area contributed by atoms with Gasteiger partial charge in [-0.3, -0.25) is 4.79 Å². The van der Waals surface area contributed by atoms with Crippen molar-refractivity contribution < 1.29 is 4.79 Å². The summed E-state index contributed by atoms with van der Waals surface area (Å²) in [6.07, 6.45) is 1.59. The van der Waals surface area contributed by atoms with Gasteiger partial charge in [-0.2, -0.15) is 5.10 Å². The van der Waals surface area contributed by atoms with Crippen molar-refractivity contribution in [3.8, 4) is 5.82 Å². The van der Waals surface area contributed by atoms with Gasteiger partial charge in [-0.15, -0.1) is 0 Å². The van der Waals surface area contributed by atoms with Gasteiger partial charge in [0.2, 0.25) is 0 Å². The summed E-state index contributed by atoms with van der Waals surface area (Å²) in [5, 5.41) is 10.7. The molecular formula is C24H18N4O. The first kappa shape index (κ1) is 17.1. The molecule has 2 heterocycles. The minimum Gasteiger partial charge on any atom is -0.322 e. The number of carbonyl (C=O) groups excluding carboxylic acids is 1. The Labute approximate surface area is 167 Å². The number of para-hydroxylation sites is 1. The number of pyridine rings is 1. The largest absolute Gasteiger partial charge is 0.322 e. The van der Waals surface area contributed by atoms with E-state index < -0.39 is 0 Å². The van der Waals surface area contributed by atoms with E-state index in [1.165, 1.54) is 0 Å². The molecule has 5 rings (SSSR count). The van der Waals surface area contributed by atoms with E-state index in [0.29, 0.717) is 11.4 Å². The zero-order valence-electron chi connectivity index (χ0n) is 15.8. The van der Waals surface area contributed by atoms with Crippen LogP contribution < -0.4 is 5.32 Å². The Balaban J connectivity index is 1.45. The third-order valence-electron chi connectivity index (χ3n) is 5.06. The number of nitrogens with one attached hydrogen (secondary N) is 1. The van der Waals surface area contributed by atoms with Crippen molar-refractivity contribution in [2.75, 3.05) is 5.32 Å². The minimum absolute atomic E-state index is 0.190. The first-order valence-corrected chi connectivity index (χ1v) is 9.40. The highest BCUT2D eigenvalue weighted by molar-refractivity contribution is 6.05. The number of carbonyl (C=O) groups is 1. The third-order valence-corrected chi connectivity index (χ3v) is 5.06. The molecule has 0 saturated carbocycles. The van der Waals surface area contributed by atoms with Crippen LogP contribution in [0.15, 0.2) is 85.1 Å². The summed E-state index contributed by atoms with van der Waals surface area (Å²) in [4.78, 5) is 17.5. The topological polar surface area (TPSA) is 59.8 Å². The summed E-state index contributed by atoms with van der Waals surface area (Å²) in [5.41, 5.74) is 2.91. The maximum atomic E-state index is 12.8. The number of hydrogen-bond acceptors (Lipinski definition) is 3. The highest BCUT2D eigenvalue weighted by Gasteiger charge is 2.16. The van der Waals surface area contributed by atoms with E-state index in [1.54, 1.807) is 10.9 Å². The number of anilines is 1. The van der Waals surface area contributed by atoms with Gasteiger partial charge >= 0.3 is 0 Å². The summed E-state index contributed by atoms with van der Waals surface area (Å²) < 4.78 is 1.70. The highest BCUT2D eigenvalue weighted by Crippen LogP contribution is 2.21. The summed E-state index contributed by atoms with van der Waals surface area (Å²) in [6, 6.07) is 25.8. The Bertz CT molecular complexity index is 1370. The highest BCUT2D eigenvalue weighted by atomic mass is 16.1. The Morgan fingerprint density at radius 3 is 2.45 bits per heavy atom. The lowest BCUT2D eigenvalue weighted by molar-refractivity contribution is 0.102. The molecule has 0 saturated heterocycles. The van der Waals surface area contributed by atoms with Crippen molar-refractivity contribution in [2.24, 2.45) is 0 Å². The molecule has 0 spiro atoms. The Morgan fingerprint density at radius 2 is 1.59 bits per heavy atom. The van der Waals surface area contributed by atoms with E-state index >= 15 is 0 Å². The van der Waals surface area contributed by atoms with Gasteiger partial charge in [0, 0.05) is 11.1 Å². The first-order chi connectivity index (χ1) is 14.2. The number of fused-ring (bicyclic) bond motifs is 2. The predicted octanol–water partition coefficient (Wildman–Crippen LogP) is 5.13. The quantitative estimate of drug-likeness (QED) is 0.473. The SMILES string of the molecule is Cc1c(C(=O)Nc2ccc3ccccc3c2)cnn1-c1ccc2ccccc2n1. The van der Waals surface area contributed by atoms with Crippen LogP contribution in [-0.4, -0.2) is 20.7 Å². The maximum absolute atomic E-state index is 12.8. The van der Waals surface area contributed by atoms with Gasteiger partial charge in [-0.05, 0) is 48.0 Å². The standard InChI is InChI=1S/C24H18N4O/c1-16-21(24(29)26-20-12-10-17-6-2-3-8-19(17)14-20)15-25-28(16)23-13-11-18-7-4-5-9-22(18)27-23/h2-15H,1H3,(H,26,29). The molecule has 2 aromatic heterocycles. The fourth-order valence-corrected chi connectivity index (χ4v) is 3.50. The van der Waals surface area contributed by atoms with E-state index in [1.807, 2.05) is 85.8 Å². The van der Waals surface area contributed by atoms with Crippen molar-refractivity contribution in [3.05, 3.63) is 96.3 Å². The van der Waals surface area contributed by atoms with Crippen LogP contribution in [0.3, 0.4) is 0 Å². The molecule has 5 heteroatoms. The fourth-order valence-electron chi connectivity index (χ4n) is 3.50. The summed E-state index contributed by atoms with van der Waals surface area (Å²) in [6.45, 7) is 1.87. The van der Waals surface area contributed by atoms with Crippen molar-refractivity contribution in [1.82, 2.24) is 14.8 Å². The van der Waals surface area contributed by atoms with E-state index in [0.717, 1.165) is 33.1 Å². The molecule has 1 amide bonds. The second-order valence-electron chi connectivity index (χ2n) is 6.93. The lowest BCUT2D eigenvalue weighted by Gasteiger charge is -2.08. The van der Waals surface area contributed by atoms with E-state index in [2.05, 4.69) is 15.4 Å². The second kappa shape index (κ2) is 6.87. The molecule has 0 unspecified atom stereocenters. The molecular weight excluding hydrogens is 360 g/mol. The number of aromatic nitrogens is 3. The molecule has 0 aliphatic rings. The molecule has 1 N–H and O–H groups in total. The number of amides is 1. The lowest BCUT2D eigenvalue weighted by Crippen LogP contribution is -2.13. The molecule has 0 aliphatic heterocycles. The van der Waals surface area contributed by atoms with Crippen molar-refractivity contribution >= 4 is 33.3 Å². The average Bonchev–Trinajstić information content (AvgIpc) is 3.14. The lowest BCUT2D eigenvalue weighted by atomic mass is 10.1. The van der Waals surface area contributed by atoms with Gasteiger partial charge in [0.25, 0.3) is 5.91 Å². The third kappa shape index (κ3) is 3.12.